The van der Waals surface area contributed by atoms with Gasteiger partial charge in [-0.15, -0.1) is 0 Å². The van der Waals surface area contributed by atoms with Gasteiger partial charge in [0, 0.05) is 50.2 Å². The summed E-state index contributed by atoms with van der Waals surface area (Å²) in [7, 11) is 0. The molecule has 1 aromatic heterocycles. The van der Waals surface area contributed by atoms with E-state index in [0.717, 1.165) is 38.8 Å². The minimum atomic E-state index is 0.319. The first-order valence-electron chi connectivity index (χ1n) is 11.7. The Morgan fingerprint density at radius 3 is 2.48 bits per heavy atom. The van der Waals surface area contributed by atoms with Crippen molar-refractivity contribution in [3.63, 3.8) is 0 Å². The first-order valence-corrected chi connectivity index (χ1v) is 11.7. The summed E-state index contributed by atoms with van der Waals surface area (Å²) in [4.78, 5) is 24.7. The quantitative estimate of drug-likeness (QED) is 0.778. The van der Waals surface area contributed by atoms with Gasteiger partial charge in [0.15, 0.2) is 5.82 Å². The fraction of sp³-hybridized carbons (Fsp3) is 0.864. The molecule has 7 nitrogen and oxygen atoms in total. The van der Waals surface area contributed by atoms with Crippen LogP contribution in [-0.2, 0) is 4.79 Å². The number of nitrogens with zero attached hydrogens (tertiary/aromatic N) is 5. The number of hydrogen-bond donors (Lipinski definition) is 0. The highest BCUT2D eigenvalue weighted by Gasteiger charge is 2.65. The second-order valence-corrected chi connectivity index (χ2v) is 11.0. The number of hydrogen-bond acceptors (Lipinski definition) is 6. The Morgan fingerprint density at radius 1 is 1.10 bits per heavy atom. The van der Waals surface area contributed by atoms with E-state index in [-0.39, 0.29) is 0 Å². The lowest BCUT2D eigenvalue weighted by atomic mass is 9.64. The van der Waals surface area contributed by atoms with Crippen molar-refractivity contribution >= 4 is 11.9 Å². The molecule has 3 aliphatic carbocycles. The highest BCUT2D eigenvalue weighted by atomic mass is 16.5. The van der Waals surface area contributed by atoms with Crippen LogP contribution in [-0.4, -0.2) is 70.2 Å². The number of likely N-dealkylation sites (tertiary alicyclic amines) is 2. The van der Waals surface area contributed by atoms with Crippen LogP contribution in [0.3, 0.4) is 0 Å². The summed E-state index contributed by atoms with van der Waals surface area (Å²) >= 11 is 0. The van der Waals surface area contributed by atoms with Gasteiger partial charge in [0.2, 0.25) is 5.91 Å². The molecule has 2 spiro atoms. The van der Waals surface area contributed by atoms with Gasteiger partial charge in [0.25, 0.3) is 0 Å². The number of aromatic nitrogens is 2. The highest BCUT2D eigenvalue weighted by molar-refractivity contribution is 5.84. The zero-order chi connectivity index (χ0) is 19.4. The average molecular weight is 398 g/mol. The number of anilines is 1. The predicted molar refractivity (Wildman–Crippen MR) is 106 cm³/mol. The summed E-state index contributed by atoms with van der Waals surface area (Å²) in [5.74, 6) is 2.89. The molecule has 0 N–H and O–H groups in total. The number of carbonyl (C=O) groups excluding carboxylic acids is 1. The smallest absolute Gasteiger partial charge is 0.324 e. The molecule has 6 fully saturated rings. The van der Waals surface area contributed by atoms with Crippen LogP contribution in [0.2, 0.25) is 0 Å². The molecule has 3 saturated heterocycles. The van der Waals surface area contributed by atoms with Crippen LogP contribution in [0, 0.1) is 30.1 Å². The van der Waals surface area contributed by atoms with E-state index in [1.165, 1.54) is 44.9 Å². The van der Waals surface area contributed by atoms with Crippen LogP contribution in [0.1, 0.15) is 50.8 Å². The van der Waals surface area contributed by atoms with Gasteiger partial charge in [-0.3, -0.25) is 9.69 Å². The normalized spacial score (nSPS) is 42.0. The topological polar surface area (TPSA) is 65.7 Å². The fourth-order valence-corrected chi connectivity index (χ4v) is 7.44. The average Bonchev–Trinajstić information content (AvgIpc) is 3.05. The second-order valence-electron chi connectivity index (χ2n) is 11.0. The van der Waals surface area contributed by atoms with Crippen molar-refractivity contribution in [1.82, 2.24) is 19.9 Å². The number of fused-ring (bicyclic) bond motifs is 1. The van der Waals surface area contributed by atoms with E-state index in [1.807, 2.05) is 6.92 Å². The molecule has 0 radical (unpaired) electrons. The Balaban J connectivity index is 0.925. The molecule has 7 heteroatoms. The Kier molecular flexibility index (Phi) is 3.26. The van der Waals surface area contributed by atoms with Crippen LogP contribution in [0.5, 0.6) is 0 Å². The van der Waals surface area contributed by atoms with Crippen molar-refractivity contribution in [1.29, 1.82) is 0 Å². The van der Waals surface area contributed by atoms with Gasteiger partial charge in [-0.1, -0.05) is 5.16 Å². The molecule has 7 rings (SSSR count). The molecular weight excluding hydrogens is 366 g/mol. The van der Waals surface area contributed by atoms with Crippen LogP contribution in [0.4, 0.5) is 6.01 Å². The third-order valence-corrected chi connectivity index (χ3v) is 9.51. The van der Waals surface area contributed by atoms with Gasteiger partial charge in [-0.25, -0.2) is 0 Å². The number of piperidine rings is 1. The van der Waals surface area contributed by atoms with Crippen molar-refractivity contribution in [2.75, 3.05) is 37.6 Å². The number of rotatable bonds is 3. The molecule has 0 aromatic carbocycles. The van der Waals surface area contributed by atoms with E-state index >= 15 is 0 Å². The number of aryl methyl sites for hydroxylation is 1. The van der Waals surface area contributed by atoms with Gasteiger partial charge < -0.3 is 14.3 Å². The lowest BCUT2D eigenvalue weighted by Crippen LogP contribution is -2.66. The molecule has 29 heavy (non-hydrogen) atoms. The van der Waals surface area contributed by atoms with Crippen LogP contribution in [0.15, 0.2) is 4.52 Å². The second kappa shape index (κ2) is 5.54. The maximum atomic E-state index is 13.0. The summed E-state index contributed by atoms with van der Waals surface area (Å²) in [5, 5.41) is 3.94. The number of carbonyl (C=O) groups is 1. The first-order chi connectivity index (χ1) is 14.1. The Bertz CT molecular complexity index is 840. The Hall–Kier alpha value is -1.63. The molecule has 3 aliphatic heterocycles. The molecule has 156 valence electrons. The number of amides is 1. The molecule has 3 saturated carbocycles. The fourth-order valence-electron chi connectivity index (χ4n) is 7.44. The summed E-state index contributed by atoms with van der Waals surface area (Å²) in [6.45, 7) is 7.32. The molecule has 1 unspecified atom stereocenters. The third-order valence-electron chi connectivity index (χ3n) is 9.51. The zero-order valence-corrected chi connectivity index (χ0v) is 17.3. The minimum Gasteiger partial charge on any atom is -0.337 e. The molecule has 6 aliphatic rings. The molecule has 1 aromatic rings. The van der Waals surface area contributed by atoms with Gasteiger partial charge in [0.1, 0.15) is 0 Å². The van der Waals surface area contributed by atoms with E-state index in [2.05, 4.69) is 24.8 Å². The summed E-state index contributed by atoms with van der Waals surface area (Å²) in [6, 6.07) is 1.42. The molecular formula is C22H31N5O2. The van der Waals surface area contributed by atoms with E-state index in [9.17, 15) is 4.79 Å². The van der Waals surface area contributed by atoms with Crippen molar-refractivity contribution < 1.29 is 9.32 Å². The van der Waals surface area contributed by atoms with Crippen molar-refractivity contribution in [2.45, 2.75) is 63.5 Å². The van der Waals surface area contributed by atoms with Crippen LogP contribution < -0.4 is 4.90 Å². The lowest BCUT2D eigenvalue weighted by molar-refractivity contribution is -0.158. The van der Waals surface area contributed by atoms with Crippen LogP contribution >= 0.6 is 0 Å². The first kappa shape index (κ1) is 17.1. The monoisotopic (exact) mass is 397 g/mol. The maximum Gasteiger partial charge on any atom is 0.324 e. The van der Waals surface area contributed by atoms with E-state index in [0.29, 0.717) is 46.5 Å². The minimum absolute atomic E-state index is 0.319. The SMILES string of the molecule is Cc1noc(N2CCC3(CC(N4C[C@@H]5C(C(=O)N6CCC67CCC7)[C@@H]5C4)C3)C2)n1. The van der Waals surface area contributed by atoms with Gasteiger partial charge >= 0.3 is 6.01 Å². The van der Waals surface area contributed by atoms with E-state index in [4.69, 9.17) is 4.52 Å². The van der Waals surface area contributed by atoms with Crippen molar-refractivity contribution in [3.05, 3.63) is 5.82 Å². The third kappa shape index (κ3) is 2.31. The maximum absolute atomic E-state index is 13.0. The highest BCUT2D eigenvalue weighted by Crippen LogP contribution is 2.59. The van der Waals surface area contributed by atoms with E-state index in [1.54, 1.807) is 0 Å². The largest absolute Gasteiger partial charge is 0.337 e. The molecule has 1 amide bonds. The van der Waals surface area contributed by atoms with Crippen molar-refractivity contribution in [3.8, 4) is 0 Å². The molecule has 0 bridgehead atoms. The molecule has 4 heterocycles. The van der Waals surface area contributed by atoms with Gasteiger partial charge in [0.05, 0.1) is 0 Å². The molecule has 3 atom stereocenters. The van der Waals surface area contributed by atoms with Gasteiger partial charge in [-0.2, -0.15) is 4.98 Å². The Labute approximate surface area is 171 Å². The van der Waals surface area contributed by atoms with Gasteiger partial charge in [-0.05, 0) is 69.1 Å². The lowest BCUT2D eigenvalue weighted by Gasteiger charge is -2.59. The summed E-state index contributed by atoms with van der Waals surface area (Å²) in [6.07, 6.45) is 8.94. The van der Waals surface area contributed by atoms with Crippen LogP contribution in [0.25, 0.3) is 0 Å². The van der Waals surface area contributed by atoms with Crippen molar-refractivity contribution in [2.24, 2.45) is 23.2 Å². The Morgan fingerprint density at radius 2 is 1.90 bits per heavy atom. The summed E-state index contributed by atoms with van der Waals surface area (Å²) in [5.41, 5.74) is 0.766. The predicted octanol–water partition coefficient (Wildman–Crippen LogP) is 2.07. The van der Waals surface area contributed by atoms with E-state index < -0.39 is 0 Å². The standard InChI is InChI=1S/C22H31N5O2/c1-14-23-20(29-24-14)25-7-5-21(13-25)9-15(10-21)26-11-16-17(12-26)18(16)19(28)27-8-6-22(27)3-2-4-22/h15-18H,2-13H2,1H3/t15?,16-,17+,18?,21?. The zero-order valence-electron chi connectivity index (χ0n) is 17.3. The summed E-state index contributed by atoms with van der Waals surface area (Å²) < 4.78 is 5.37.